The molecule has 0 N–H and O–H groups in total. The number of carbonyl (C=O) groups excluding carboxylic acids is 1. The Kier molecular flexibility index (Phi) is 4.35. The van der Waals surface area contributed by atoms with Gasteiger partial charge in [0.05, 0.1) is 13.0 Å². The molecule has 2 heterocycles. The first-order valence-electron chi connectivity index (χ1n) is 6.79. The van der Waals surface area contributed by atoms with Gasteiger partial charge in [0, 0.05) is 24.8 Å². The van der Waals surface area contributed by atoms with Crippen molar-refractivity contribution < 1.29 is 9.53 Å². The van der Waals surface area contributed by atoms with E-state index in [1.165, 1.54) is 7.11 Å². The van der Waals surface area contributed by atoms with E-state index in [0.29, 0.717) is 6.54 Å². The zero-order valence-corrected chi connectivity index (χ0v) is 11.8. The average molecular weight is 263 g/mol. The van der Waals surface area contributed by atoms with Crippen LogP contribution < -0.4 is 4.90 Å². The molecule has 1 aromatic heterocycles. The fraction of sp³-hybridized carbons (Fsp3) is 0.643. The molecule has 1 aliphatic heterocycles. The van der Waals surface area contributed by atoms with Crippen LogP contribution in [0.4, 0.5) is 5.82 Å². The molecule has 0 bridgehead atoms. The summed E-state index contributed by atoms with van der Waals surface area (Å²) < 4.78 is 4.85. The Morgan fingerprint density at radius 2 is 2.26 bits per heavy atom. The van der Waals surface area contributed by atoms with Crippen LogP contribution >= 0.6 is 0 Å². The molecular weight excluding hydrogens is 242 g/mol. The zero-order valence-electron chi connectivity index (χ0n) is 11.8. The maximum absolute atomic E-state index is 11.7. The minimum Gasteiger partial charge on any atom is -0.469 e. The molecule has 0 aliphatic carbocycles. The van der Waals surface area contributed by atoms with Gasteiger partial charge < -0.3 is 9.64 Å². The first-order chi connectivity index (χ1) is 9.15. The summed E-state index contributed by atoms with van der Waals surface area (Å²) in [5.41, 5.74) is 1.06. The van der Waals surface area contributed by atoms with Gasteiger partial charge in [-0.2, -0.15) is 0 Å². The van der Waals surface area contributed by atoms with Crippen molar-refractivity contribution in [3.05, 3.63) is 18.1 Å². The quantitative estimate of drug-likeness (QED) is 0.773. The number of rotatable bonds is 4. The van der Waals surface area contributed by atoms with Crippen LogP contribution in [0.5, 0.6) is 0 Å². The van der Waals surface area contributed by atoms with Crippen LogP contribution in [-0.2, 0) is 16.0 Å². The molecule has 5 nitrogen and oxygen atoms in total. The third-order valence-electron chi connectivity index (χ3n) is 3.66. The van der Waals surface area contributed by atoms with Crippen molar-refractivity contribution in [3.63, 3.8) is 0 Å². The second kappa shape index (κ2) is 5.99. The van der Waals surface area contributed by atoms with Crippen LogP contribution in [0.25, 0.3) is 0 Å². The molecule has 0 aromatic carbocycles. The molecule has 0 amide bonds. The molecule has 1 aliphatic rings. The van der Waals surface area contributed by atoms with Gasteiger partial charge in [0.25, 0.3) is 0 Å². The predicted molar refractivity (Wildman–Crippen MR) is 72.9 cm³/mol. The van der Waals surface area contributed by atoms with Crippen molar-refractivity contribution in [2.24, 2.45) is 11.8 Å². The largest absolute Gasteiger partial charge is 0.469 e. The van der Waals surface area contributed by atoms with Crippen molar-refractivity contribution in [1.82, 2.24) is 9.97 Å². The van der Waals surface area contributed by atoms with Crippen LogP contribution in [0, 0.1) is 11.8 Å². The topological polar surface area (TPSA) is 55.3 Å². The third kappa shape index (κ3) is 3.03. The first-order valence-corrected chi connectivity index (χ1v) is 6.79. The van der Waals surface area contributed by atoms with Crippen LogP contribution in [0.15, 0.2) is 12.4 Å². The van der Waals surface area contributed by atoms with Crippen molar-refractivity contribution in [3.8, 4) is 0 Å². The minimum atomic E-state index is -0.127. The van der Waals surface area contributed by atoms with Crippen molar-refractivity contribution >= 4 is 11.8 Å². The zero-order chi connectivity index (χ0) is 13.8. The highest BCUT2D eigenvalue weighted by atomic mass is 16.5. The van der Waals surface area contributed by atoms with Gasteiger partial charge in [-0.3, -0.25) is 4.79 Å². The third-order valence-corrected chi connectivity index (χ3v) is 3.66. The normalized spacial score (nSPS) is 22.6. The highest BCUT2D eigenvalue weighted by molar-refractivity contribution is 5.74. The molecule has 0 radical (unpaired) electrons. The number of carbonyl (C=O) groups is 1. The van der Waals surface area contributed by atoms with Gasteiger partial charge in [0.15, 0.2) is 0 Å². The van der Waals surface area contributed by atoms with Gasteiger partial charge in [0.1, 0.15) is 12.1 Å². The number of methoxy groups -OCH3 is 1. The Labute approximate surface area is 114 Å². The standard InChI is InChI=1S/C14H21N3O2/c1-4-5-11-6-13(16-9-15-11)17-7-10(2)12(8-17)14(18)19-3/h6,9-10,12H,4-5,7-8H2,1-3H3. The van der Waals surface area contributed by atoms with Gasteiger partial charge in [-0.1, -0.05) is 20.3 Å². The first kappa shape index (κ1) is 13.8. The second-order valence-electron chi connectivity index (χ2n) is 5.13. The van der Waals surface area contributed by atoms with E-state index in [9.17, 15) is 4.79 Å². The van der Waals surface area contributed by atoms with E-state index in [0.717, 1.165) is 30.9 Å². The Balaban J connectivity index is 2.11. The number of hydrogen-bond donors (Lipinski definition) is 0. The monoisotopic (exact) mass is 263 g/mol. The average Bonchev–Trinajstić information content (AvgIpc) is 2.81. The number of nitrogens with zero attached hydrogens (tertiary/aromatic N) is 3. The van der Waals surface area contributed by atoms with E-state index in [2.05, 4.69) is 28.7 Å². The molecule has 1 saturated heterocycles. The summed E-state index contributed by atoms with van der Waals surface area (Å²) >= 11 is 0. The Bertz CT molecular complexity index is 450. The molecule has 19 heavy (non-hydrogen) atoms. The van der Waals surface area contributed by atoms with Crippen molar-refractivity contribution in [2.75, 3.05) is 25.1 Å². The van der Waals surface area contributed by atoms with E-state index < -0.39 is 0 Å². The molecule has 2 rings (SSSR count). The fourth-order valence-corrected chi connectivity index (χ4v) is 2.56. The highest BCUT2D eigenvalue weighted by Gasteiger charge is 2.36. The molecule has 104 valence electrons. The molecule has 2 atom stereocenters. The number of anilines is 1. The van der Waals surface area contributed by atoms with Gasteiger partial charge in [-0.05, 0) is 12.3 Å². The maximum atomic E-state index is 11.7. The summed E-state index contributed by atoms with van der Waals surface area (Å²) in [4.78, 5) is 22.4. The van der Waals surface area contributed by atoms with Crippen LogP contribution in [0.1, 0.15) is 26.0 Å². The second-order valence-corrected chi connectivity index (χ2v) is 5.13. The molecule has 1 aromatic rings. The summed E-state index contributed by atoms with van der Waals surface area (Å²) in [6.45, 7) is 5.72. The number of aryl methyl sites for hydroxylation is 1. The summed E-state index contributed by atoms with van der Waals surface area (Å²) in [6, 6.07) is 2.02. The molecule has 2 unspecified atom stereocenters. The lowest BCUT2D eigenvalue weighted by Crippen LogP contribution is -2.25. The minimum absolute atomic E-state index is 0.0606. The van der Waals surface area contributed by atoms with Crippen molar-refractivity contribution in [2.45, 2.75) is 26.7 Å². The van der Waals surface area contributed by atoms with Gasteiger partial charge in [-0.15, -0.1) is 0 Å². The Morgan fingerprint density at radius 1 is 1.47 bits per heavy atom. The highest BCUT2D eigenvalue weighted by Crippen LogP contribution is 2.27. The van der Waals surface area contributed by atoms with E-state index in [1.807, 2.05) is 6.07 Å². The number of esters is 1. The summed E-state index contributed by atoms with van der Waals surface area (Å²) in [5.74, 6) is 1.01. The maximum Gasteiger partial charge on any atom is 0.310 e. The molecule has 0 spiro atoms. The fourth-order valence-electron chi connectivity index (χ4n) is 2.56. The van der Waals surface area contributed by atoms with Crippen LogP contribution in [-0.4, -0.2) is 36.1 Å². The summed E-state index contributed by atoms with van der Waals surface area (Å²) in [7, 11) is 1.45. The molecule has 5 heteroatoms. The lowest BCUT2D eigenvalue weighted by Gasteiger charge is -2.17. The molecular formula is C14H21N3O2. The SMILES string of the molecule is CCCc1cc(N2CC(C)C(C(=O)OC)C2)ncn1. The summed E-state index contributed by atoms with van der Waals surface area (Å²) in [5, 5.41) is 0. The lowest BCUT2D eigenvalue weighted by molar-refractivity contribution is -0.145. The number of aromatic nitrogens is 2. The van der Waals surface area contributed by atoms with E-state index >= 15 is 0 Å². The van der Waals surface area contributed by atoms with Crippen molar-refractivity contribution in [1.29, 1.82) is 0 Å². The van der Waals surface area contributed by atoms with E-state index in [1.54, 1.807) is 6.33 Å². The van der Waals surface area contributed by atoms with Gasteiger partial charge >= 0.3 is 5.97 Å². The van der Waals surface area contributed by atoms with Crippen LogP contribution in [0.3, 0.4) is 0 Å². The van der Waals surface area contributed by atoms with E-state index in [-0.39, 0.29) is 17.8 Å². The predicted octanol–water partition coefficient (Wildman–Crippen LogP) is 1.67. The number of hydrogen-bond acceptors (Lipinski definition) is 5. The van der Waals surface area contributed by atoms with Crippen LogP contribution in [0.2, 0.25) is 0 Å². The Morgan fingerprint density at radius 3 is 2.95 bits per heavy atom. The molecule has 1 fully saturated rings. The Hall–Kier alpha value is -1.65. The lowest BCUT2D eigenvalue weighted by atomic mass is 9.99. The summed E-state index contributed by atoms with van der Waals surface area (Å²) in [6.07, 6.45) is 3.63. The van der Waals surface area contributed by atoms with Gasteiger partial charge in [0.2, 0.25) is 0 Å². The van der Waals surface area contributed by atoms with E-state index in [4.69, 9.17) is 4.74 Å². The molecule has 0 saturated carbocycles. The van der Waals surface area contributed by atoms with Gasteiger partial charge in [-0.25, -0.2) is 9.97 Å². The number of ether oxygens (including phenoxy) is 1. The smallest absolute Gasteiger partial charge is 0.310 e.